The van der Waals surface area contributed by atoms with E-state index in [-0.39, 0.29) is 17.8 Å². The summed E-state index contributed by atoms with van der Waals surface area (Å²) in [7, 11) is 0. The Morgan fingerprint density at radius 3 is 2.69 bits per heavy atom. The van der Waals surface area contributed by atoms with E-state index in [0.29, 0.717) is 16.3 Å². The molecule has 0 spiro atoms. The van der Waals surface area contributed by atoms with Gasteiger partial charge in [-0.25, -0.2) is 9.50 Å². The lowest BCUT2D eigenvalue weighted by atomic mass is 10.0. The van der Waals surface area contributed by atoms with Crippen LogP contribution in [0.2, 0.25) is 0 Å². The molecule has 0 aliphatic heterocycles. The van der Waals surface area contributed by atoms with Gasteiger partial charge in [0.05, 0.1) is 5.69 Å². The third-order valence-corrected chi connectivity index (χ3v) is 5.11. The Morgan fingerprint density at radius 2 is 1.93 bits per heavy atom. The van der Waals surface area contributed by atoms with Gasteiger partial charge in [-0.2, -0.15) is 4.98 Å². The van der Waals surface area contributed by atoms with Crippen LogP contribution in [0.4, 0.5) is 11.8 Å². The van der Waals surface area contributed by atoms with E-state index in [1.54, 1.807) is 10.6 Å². The molecule has 0 saturated carbocycles. The quantitative estimate of drug-likeness (QED) is 0.538. The predicted molar refractivity (Wildman–Crippen MR) is 112 cm³/mol. The lowest BCUT2D eigenvalue weighted by Crippen LogP contribution is -2.14. The van der Waals surface area contributed by atoms with Crippen molar-refractivity contribution < 1.29 is 9.59 Å². The smallest absolute Gasteiger partial charge is 0.258 e. The standard InChI is InChI=1S/C20H18N6O2S/c1-11-4-5-15(12(2)8-11)16-10-29-20-24-19(25-26(16)20)23-18(28)14-6-7-21-17(9-14)22-13(3)27/h4-10H,1-3H3,(H,21,22,27)(H,23,25,28). The SMILES string of the molecule is CC(=O)Nc1cc(C(=O)Nc2nc3scc(-c4ccc(C)cc4C)n3n2)ccn1. The Kier molecular flexibility index (Phi) is 4.81. The van der Waals surface area contributed by atoms with Gasteiger partial charge in [0.2, 0.25) is 10.9 Å². The zero-order valence-electron chi connectivity index (χ0n) is 16.1. The lowest BCUT2D eigenvalue weighted by Gasteiger charge is -2.05. The maximum Gasteiger partial charge on any atom is 0.258 e. The molecule has 4 rings (SSSR count). The fraction of sp³-hybridized carbons (Fsp3) is 0.150. The number of nitrogens with one attached hydrogen (secondary N) is 2. The van der Waals surface area contributed by atoms with Crippen molar-refractivity contribution in [1.82, 2.24) is 19.6 Å². The van der Waals surface area contributed by atoms with Gasteiger partial charge in [0.25, 0.3) is 11.9 Å². The summed E-state index contributed by atoms with van der Waals surface area (Å²) in [4.78, 5) is 32.8. The fourth-order valence-corrected chi connectivity index (χ4v) is 3.84. The molecule has 0 unspecified atom stereocenters. The zero-order valence-corrected chi connectivity index (χ0v) is 16.9. The highest BCUT2D eigenvalue weighted by molar-refractivity contribution is 7.15. The van der Waals surface area contributed by atoms with Crippen LogP contribution in [0.25, 0.3) is 16.2 Å². The summed E-state index contributed by atoms with van der Waals surface area (Å²) >= 11 is 1.46. The molecule has 3 heterocycles. The molecule has 0 atom stereocenters. The van der Waals surface area contributed by atoms with Gasteiger partial charge in [0, 0.05) is 29.6 Å². The molecule has 8 nitrogen and oxygen atoms in total. The first-order valence-corrected chi connectivity index (χ1v) is 9.75. The van der Waals surface area contributed by atoms with Gasteiger partial charge in [-0.3, -0.25) is 14.9 Å². The van der Waals surface area contributed by atoms with Crippen molar-refractivity contribution in [2.45, 2.75) is 20.8 Å². The molecule has 0 aliphatic rings. The van der Waals surface area contributed by atoms with Crippen LogP contribution in [0.3, 0.4) is 0 Å². The highest BCUT2D eigenvalue weighted by Crippen LogP contribution is 2.29. The Morgan fingerprint density at radius 1 is 1.10 bits per heavy atom. The highest BCUT2D eigenvalue weighted by atomic mass is 32.1. The Bertz CT molecular complexity index is 1240. The van der Waals surface area contributed by atoms with Crippen molar-refractivity contribution in [2.75, 3.05) is 10.6 Å². The van der Waals surface area contributed by atoms with Crippen LogP contribution in [0.15, 0.2) is 41.9 Å². The molecule has 2 amide bonds. The molecule has 0 bridgehead atoms. The molecule has 0 fully saturated rings. The van der Waals surface area contributed by atoms with E-state index in [1.165, 1.54) is 36.1 Å². The van der Waals surface area contributed by atoms with Crippen molar-refractivity contribution in [3.63, 3.8) is 0 Å². The molecule has 3 aromatic heterocycles. The zero-order chi connectivity index (χ0) is 20.5. The average Bonchev–Trinajstić information content (AvgIpc) is 3.22. The third-order valence-electron chi connectivity index (χ3n) is 4.29. The first kappa shape index (κ1) is 18.8. The number of amides is 2. The number of thiazole rings is 1. The van der Waals surface area contributed by atoms with Crippen LogP contribution in [-0.2, 0) is 4.79 Å². The number of carbonyl (C=O) groups excluding carboxylic acids is 2. The number of hydrogen-bond donors (Lipinski definition) is 2. The Balaban J connectivity index is 1.60. The van der Waals surface area contributed by atoms with Gasteiger partial charge in [0.15, 0.2) is 0 Å². The van der Waals surface area contributed by atoms with Crippen molar-refractivity contribution >= 4 is 39.9 Å². The minimum absolute atomic E-state index is 0.214. The first-order valence-electron chi connectivity index (χ1n) is 8.87. The van der Waals surface area contributed by atoms with E-state index >= 15 is 0 Å². The van der Waals surface area contributed by atoms with Crippen molar-refractivity contribution in [3.8, 4) is 11.3 Å². The van der Waals surface area contributed by atoms with Crippen LogP contribution in [0.5, 0.6) is 0 Å². The molecule has 0 radical (unpaired) electrons. The number of pyridine rings is 1. The second-order valence-corrected chi connectivity index (χ2v) is 7.47. The summed E-state index contributed by atoms with van der Waals surface area (Å²) in [5.41, 5.74) is 4.68. The Labute approximate surface area is 170 Å². The van der Waals surface area contributed by atoms with Gasteiger partial charge in [-0.1, -0.05) is 23.8 Å². The maximum absolute atomic E-state index is 12.6. The first-order chi connectivity index (χ1) is 13.9. The monoisotopic (exact) mass is 406 g/mol. The number of fused-ring (bicyclic) bond motifs is 1. The maximum atomic E-state index is 12.6. The van der Waals surface area contributed by atoms with Crippen LogP contribution < -0.4 is 10.6 Å². The van der Waals surface area contributed by atoms with E-state index in [4.69, 9.17) is 0 Å². The summed E-state index contributed by atoms with van der Waals surface area (Å²) in [5.74, 6) is -0.123. The van der Waals surface area contributed by atoms with Crippen molar-refractivity contribution in [1.29, 1.82) is 0 Å². The molecule has 2 N–H and O–H groups in total. The Hall–Kier alpha value is -3.59. The van der Waals surface area contributed by atoms with E-state index < -0.39 is 0 Å². The summed E-state index contributed by atoms with van der Waals surface area (Å²) in [6.07, 6.45) is 1.46. The number of hydrogen-bond acceptors (Lipinski definition) is 6. The summed E-state index contributed by atoms with van der Waals surface area (Å²) in [5, 5.41) is 11.7. The molecule has 4 aromatic rings. The number of rotatable bonds is 4. The second kappa shape index (κ2) is 7.44. The van der Waals surface area contributed by atoms with Gasteiger partial charge >= 0.3 is 0 Å². The van der Waals surface area contributed by atoms with Crippen LogP contribution in [0.1, 0.15) is 28.4 Å². The molecule has 146 valence electrons. The number of nitrogens with zero attached hydrogens (tertiary/aromatic N) is 4. The minimum Gasteiger partial charge on any atom is -0.311 e. The van der Waals surface area contributed by atoms with Gasteiger partial charge < -0.3 is 5.32 Å². The second-order valence-electron chi connectivity index (χ2n) is 6.63. The molecule has 29 heavy (non-hydrogen) atoms. The molecule has 9 heteroatoms. The number of benzene rings is 1. The van der Waals surface area contributed by atoms with E-state index in [2.05, 4.69) is 57.7 Å². The third kappa shape index (κ3) is 3.85. The highest BCUT2D eigenvalue weighted by Gasteiger charge is 2.16. The molecular weight excluding hydrogens is 388 g/mol. The number of aryl methyl sites for hydroxylation is 2. The van der Waals surface area contributed by atoms with Gasteiger partial charge in [-0.15, -0.1) is 16.4 Å². The van der Waals surface area contributed by atoms with Crippen LogP contribution >= 0.6 is 11.3 Å². The molecule has 0 aliphatic carbocycles. The fourth-order valence-electron chi connectivity index (χ4n) is 3.02. The van der Waals surface area contributed by atoms with Crippen molar-refractivity contribution in [3.05, 3.63) is 58.6 Å². The largest absolute Gasteiger partial charge is 0.311 e. The van der Waals surface area contributed by atoms with Gasteiger partial charge in [0.1, 0.15) is 5.82 Å². The predicted octanol–water partition coefficient (Wildman–Crippen LogP) is 3.68. The average molecular weight is 406 g/mol. The van der Waals surface area contributed by atoms with Crippen LogP contribution in [-0.4, -0.2) is 31.4 Å². The number of aromatic nitrogens is 4. The van der Waals surface area contributed by atoms with E-state index in [0.717, 1.165) is 16.8 Å². The summed E-state index contributed by atoms with van der Waals surface area (Å²) < 4.78 is 1.73. The number of anilines is 2. The normalized spacial score (nSPS) is 10.9. The van der Waals surface area contributed by atoms with E-state index in [1.807, 2.05) is 5.38 Å². The molecular formula is C20H18N6O2S. The number of carbonyl (C=O) groups is 2. The molecule has 0 saturated heterocycles. The van der Waals surface area contributed by atoms with Crippen LogP contribution in [0, 0.1) is 13.8 Å². The summed E-state index contributed by atoms with van der Waals surface area (Å²) in [6.45, 7) is 5.49. The lowest BCUT2D eigenvalue weighted by molar-refractivity contribution is -0.114. The topological polar surface area (TPSA) is 101 Å². The summed E-state index contributed by atoms with van der Waals surface area (Å²) in [6, 6.07) is 9.29. The van der Waals surface area contributed by atoms with E-state index in [9.17, 15) is 9.59 Å². The van der Waals surface area contributed by atoms with Crippen molar-refractivity contribution in [2.24, 2.45) is 0 Å². The molecule has 1 aromatic carbocycles. The van der Waals surface area contributed by atoms with Gasteiger partial charge in [-0.05, 0) is 31.5 Å². The minimum atomic E-state index is -0.384.